The maximum atomic E-state index is 13.0. The highest BCUT2D eigenvalue weighted by atomic mass is 16.2. The zero-order chi connectivity index (χ0) is 31.6. The molecule has 11 heteroatoms. The Labute approximate surface area is 255 Å². The third-order valence-corrected chi connectivity index (χ3v) is 7.45. The van der Waals surface area contributed by atoms with E-state index in [0.717, 1.165) is 64.6 Å². The highest BCUT2D eigenvalue weighted by Crippen LogP contribution is 2.12. The minimum absolute atomic E-state index is 0.0180. The molecule has 0 fully saturated rings. The minimum Gasteiger partial charge on any atom is -0.356 e. The van der Waals surface area contributed by atoms with Gasteiger partial charge in [-0.3, -0.25) is 19.2 Å². The number of amides is 3. The fraction of sp³-hybridized carbons (Fsp3) is 0.871. The molecule has 4 atom stereocenters. The lowest BCUT2D eigenvalue weighted by molar-refractivity contribution is -0.125. The van der Waals surface area contributed by atoms with Crippen molar-refractivity contribution in [1.29, 1.82) is 0 Å². The van der Waals surface area contributed by atoms with Crippen LogP contribution in [0.25, 0.3) is 0 Å². The van der Waals surface area contributed by atoms with Crippen LogP contribution in [0.1, 0.15) is 97.3 Å². The summed E-state index contributed by atoms with van der Waals surface area (Å²) in [4.78, 5) is 49.9. The van der Waals surface area contributed by atoms with Crippen molar-refractivity contribution in [3.8, 4) is 0 Å². The summed E-state index contributed by atoms with van der Waals surface area (Å²) >= 11 is 0. The van der Waals surface area contributed by atoms with E-state index in [0.29, 0.717) is 32.2 Å². The number of unbranched alkanes of at least 4 members (excludes halogenated alkanes) is 1. The lowest BCUT2D eigenvalue weighted by atomic mass is 10.00. The molecule has 0 saturated carbocycles. The molecule has 0 aliphatic heterocycles. The SMILES string of the molecule is CNCCCC(C)CC(=O)NC(CCCNC)CC(=O)NC(CCCCNC(=O)CC(CCCNC)NC)CC(C)=O. The van der Waals surface area contributed by atoms with Gasteiger partial charge in [0.15, 0.2) is 0 Å². The minimum atomic E-state index is -0.257. The number of nitrogens with one attached hydrogen (secondary N) is 7. The first kappa shape index (κ1) is 39.9. The molecule has 0 aliphatic carbocycles. The first-order chi connectivity index (χ1) is 20.1. The van der Waals surface area contributed by atoms with Gasteiger partial charge < -0.3 is 37.2 Å². The second kappa shape index (κ2) is 26.5. The Hall–Kier alpha value is -2.08. The summed E-state index contributed by atoms with van der Waals surface area (Å²) in [5.41, 5.74) is 0. The number of Topliss-reactive ketones (excluding diaryl/α,β-unsaturated/α-hetero) is 1. The monoisotopic (exact) mass is 597 g/mol. The van der Waals surface area contributed by atoms with Crippen molar-refractivity contribution in [2.45, 2.75) is 115 Å². The Kier molecular flexibility index (Phi) is 25.2. The van der Waals surface area contributed by atoms with Crippen molar-refractivity contribution in [2.75, 3.05) is 54.4 Å². The average Bonchev–Trinajstić information content (AvgIpc) is 2.92. The van der Waals surface area contributed by atoms with Crippen molar-refractivity contribution in [3.05, 3.63) is 0 Å². The van der Waals surface area contributed by atoms with Gasteiger partial charge in [0, 0.05) is 50.4 Å². The highest BCUT2D eigenvalue weighted by molar-refractivity contribution is 5.81. The van der Waals surface area contributed by atoms with Crippen LogP contribution in [-0.4, -0.2) is 96.0 Å². The number of carbonyl (C=O) groups excluding carboxylic acids is 4. The molecule has 11 nitrogen and oxygen atoms in total. The molecule has 4 unspecified atom stereocenters. The van der Waals surface area contributed by atoms with Crippen LogP contribution in [0.2, 0.25) is 0 Å². The van der Waals surface area contributed by atoms with Crippen LogP contribution in [0.5, 0.6) is 0 Å². The van der Waals surface area contributed by atoms with Crippen LogP contribution in [0.3, 0.4) is 0 Å². The number of hydrogen-bond acceptors (Lipinski definition) is 8. The second-order valence-electron chi connectivity index (χ2n) is 11.7. The van der Waals surface area contributed by atoms with Crippen LogP contribution >= 0.6 is 0 Å². The first-order valence-electron chi connectivity index (χ1n) is 16.1. The maximum absolute atomic E-state index is 13.0. The van der Waals surface area contributed by atoms with E-state index in [4.69, 9.17) is 0 Å². The van der Waals surface area contributed by atoms with E-state index < -0.39 is 0 Å². The zero-order valence-corrected chi connectivity index (χ0v) is 27.5. The van der Waals surface area contributed by atoms with Crippen molar-refractivity contribution in [2.24, 2.45) is 5.92 Å². The molecule has 0 spiro atoms. The summed E-state index contributed by atoms with van der Waals surface area (Å²) < 4.78 is 0. The standard InChI is InChI=1S/C31H63N7O4/c1-24(12-9-16-32-3)20-30(41)38-28(15-11-18-34-5)23-31(42)37-27(21-25(2)39)13-7-8-19-36-29(40)22-26(35-6)14-10-17-33-4/h24,26-28,32-35H,7-23H2,1-6H3,(H,36,40)(H,37,42)(H,38,41). The van der Waals surface area contributed by atoms with Gasteiger partial charge in [-0.1, -0.05) is 6.92 Å². The van der Waals surface area contributed by atoms with Crippen molar-refractivity contribution in [3.63, 3.8) is 0 Å². The molecule has 0 aliphatic rings. The fourth-order valence-electron chi connectivity index (χ4n) is 5.08. The molecule has 246 valence electrons. The number of ketones is 1. The summed E-state index contributed by atoms with van der Waals surface area (Å²) in [5.74, 6) is 0.170. The Balaban J connectivity index is 4.72. The first-order valence-corrected chi connectivity index (χ1v) is 16.1. The molecule has 0 rings (SSSR count). The number of carbonyl (C=O) groups is 4. The van der Waals surface area contributed by atoms with Gasteiger partial charge in [-0.25, -0.2) is 0 Å². The second-order valence-corrected chi connectivity index (χ2v) is 11.7. The maximum Gasteiger partial charge on any atom is 0.222 e. The third kappa shape index (κ3) is 23.5. The van der Waals surface area contributed by atoms with E-state index in [2.05, 4.69) is 44.1 Å². The summed E-state index contributed by atoms with van der Waals surface area (Å²) in [6.07, 6.45) is 9.07. The molecule has 0 heterocycles. The van der Waals surface area contributed by atoms with Gasteiger partial charge in [0.05, 0.1) is 0 Å². The van der Waals surface area contributed by atoms with E-state index in [9.17, 15) is 19.2 Å². The Morgan fingerprint density at radius 1 is 0.524 bits per heavy atom. The van der Waals surface area contributed by atoms with Gasteiger partial charge in [-0.15, -0.1) is 0 Å². The molecular weight excluding hydrogens is 534 g/mol. The largest absolute Gasteiger partial charge is 0.356 e. The lowest BCUT2D eigenvalue weighted by Gasteiger charge is -2.22. The Morgan fingerprint density at radius 2 is 1.00 bits per heavy atom. The van der Waals surface area contributed by atoms with Gasteiger partial charge in [0.2, 0.25) is 17.7 Å². The summed E-state index contributed by atoms with van der Waals surface area (Å²) in [6.45, 7) is 6.86. The van der Waals surface area contributed by atoms with E-state index >= 15 is 0 Å². The molecule has 3 amide bonds. The predicted molar refractivity (Wildman–Crippen MR) is 171 cm³/mol. The fourth-order valence-corrected chi connectivity index (χ4v) is 5.08. The molecule has 42 heavy (non-hydrogen) atoms. The van der Waals surface area contributed by atoms with Crippen LogP contribution in [0, 0.1) is 5.92 Å². The molecule has 0 aromatic heterocycles. The Bertz CT molecular complexity index is 738. The topological polar surface area (TPSA) is 152 Å². The number of rotatable bonds is 28. The highest BCUT2D eigenvalue weighted by Gasteiger charge is 2.21. The quantitative estimate of drug-likeness (QED) is 0.0672. The molecule has 0 aromatic rings. The van der Waals surface area contributed by atoms with Crippen molar-refractivity contribution in [1.82, 2.24) is 37.2 Å². The van der Waals surface area contributed by atoms with E-state index in [-0.39, 0.29) is 60.4 Å². The summed E-state index contributed by atoms with van der Waals surface area (Å²) in [5, 5.41) is 21.7. The van der Waals surface area contributed by atoms with Crippen molar-refractivity contribution < 1.29 is 19.2 Å². The molecular formula is C31H63N7O4. The Morgan fingerprint density at radius 3 is 1.55 bits per heavy atom. The number of hydrogen-bond donors (Lipinski definition) is 7. The third-order valence-electron chi connectivity index (χ3n) is 7.45. The van der Waals surface area contributed by atoms with Crippen LogP contribution in [-0.2, 0) is 19.2 Å². The normalized spacial score (nSPS) is 14.0. The summed E-state index contributed by atoms with van der Waals surface area (Å²) in [7, 11) is 7.62. The van der Waals surface area contributed by atoms with Crippen LogP contribution in [0.15, 0.2) is 0 Å². The smallest absolute Gasteiger partial charge is 0.222 e. The molecule has 7 N–H and O–H groups in total. The van der Waals surface area contributed by atoms with Crippen molar-refractivity contribution >= 4 is 23.5 Å². The lowest BCUT2D eigenvalue weighted by Crippen LogP contribution is -2.43. The van der Waals surface area contributed by atoms with E-state index in [1.807, 2.05) is 28.2 Å². The van der Waals surface area contributed by atoms with Gasteiger partial charge in [-0.05, 0) is 118 Å². The van der Waals surface area contributed by atoms with Crippen LogP contribution < -0.4 is 37.2 Å². The molecule has 0 radical (unpaired) electrons. The molecule has 0 bridgehead atoms. The van der Waals surface area contributed by atoms with Gasteiger partial charge >= 0.3 is 0 Å². The van der Waals surface area contributed by atoms with E-state index in [1.54, 1.807) is 0 Å². The van der Waals surface area contributed by atoms with Gasteiger partial charge in [0.25, 0.3) is 0 Å². The molecule has 0 saturated heterocycles. The zero-order valence-electron chi connectivity index (χ0n) is 27.5. The average molecular weight is 598 g/mol. The van der Waals surface area contributed by atoms with E-state index in [1.165, 1.54) is 6.92 Å². The predicted octanol–water partition coefficient (Wildman–Crippen LogP) is 1.61. The summed E-state index contributed by atoms with van der Waals surface area (Å²) in [6, 6.07) is -0.345. The van der Waals surface area contributed by atoms with Crippen LogP contribution in [0.4, 0.5) is 0 Å². The van der Waals surface area contributed by atoms with Gasteiger partial charge in [0.1, 0.15) is 5.78 Å². The molecule has 0 aromatic carbocycles. The van der Waals surface area contributed by atoms with Gasteiger partial charge in [-0.2, -0.15) is 0 Å².